The molecular weight excluding hydrogens is 436 g/mol. The smallest absolute Gasteiger partial charge is 0.268 e. The summed E-state index contributed by atoms with van der Waals surface area (Å²) in [5.74, 6) is 2.18. The maximum absolute atomic E-state index is 12.7. The molecule has 0 saturated carbocycles. The summed E-state index contributed by atoms with van der Waals surface area (Å²) in [7, 11) is -1.45. The lowest BCUT2D eigenvalue weighted by molar-refractivity contribution is 0.0946. The summed E-state index contributed by atoms with van der Waals surface area (Å²) in [6, 6.07) is 5.34. The predicted molar refractivity (Wildman–Crippen MR) is 122 cm³/mol. The summed E-state index contributed by atoms with van der Waals surface area (Å²) >= 11 is 1.75. The number of anilines is 1. The number of rotatable bonds is 6. The van der Waals surface area contributed by atoms with E-state index in [1.807, 2.05) is 12.1 Å². The second-order valence-corrected chi connectivity index (χ2v) is 10.9. The number of carbonyl (C=O) groups excluding carboxylic acids is 1. The molecule has 0 bridgehead atoms. The van der Waals surface area contributed by atoms with E-state index in [1.165, 1.54) is 16.6 Å². The lowest BCUT2D eigenvalue weighted by atomic mass is 10.2. The molecule has 2 N–H and O–H groups in total. The third-order valence-electron chi connectivity index (χ3n) is 5.60. The van der Waals surface area contributed by atoms with Gasteiger partial charge in [-0.1, -0.05) is 6.07 Å². The fourth-order valence-electron chi connectivity index (χ4n) is 3.61. The monoisotopic (exact) mass is 464 g/mol. The van der Waals surface area contributed by atoms with E-state index in [4.69, 9.17) is 0 Å². The van der Waals surface area contributed by atoms with Crippen molar-refractivity contribution in [1.29, 1.82) is 0 Å². The van der Waals surface area contributed by atoms with Crippen LogP contribution in [0.4, 0.5) is 5.82 Å². The molecule has 11 heteroatoms. The van der Waals surface area contributed by atoms with E-state index in [0.29, 0.717) is 19.6 Å². The van der Waals surface area contributed by atoms with Gasteiger partial charge in [0.25, 0.3) is 5.91 Å². The summed E-state index contributed by atoms with van der Waals surface area (Å²) < 4.78 is 26.9. The Hall–Kier alpha value is -2.08. The Balaban J connectivity index is 1.33. The Bertz CT molecular complexity index is 994. The number of H-pyrrole nitrogens is 1. The first kappa shape index (κ1) is 22.1. The first-order valence-electron chi connectivity index (χ1n) is 10.4. The summed E-state index contributed by atoms with van der Waals surface area (Å²) in [6.07, 6.45) is 3.16. The molecule has 2 aliphatic heterocycles. The van der Waals surface area contributed by atoms with Gasteiger partial charge in [0, 0.05) is 69.7 Å². The molecule has 4 heterocycles. The van der Waals surface area contributed by atoms with Crippen molar-refractivity contribution in [3.63, 3.8) is 0 Å². The Labute approximate surface area is 187 Å². The summed E-state index contributed by atoms with van der Waals surface area (Å²) in [5.41, 5.74) is 1.11. The van der Waals surface area contributed by atoms with Crippen LogP contribution in [0.1, 0.15) is 16.1 Å². The Morgan fingerprint density at radius 2 is 1.90 bits per heavy atom. The van der Waals surface area contributed by atoms with Crippen LogP contribution in [0, 0.1) is 0 Å². The SMILES string of the molecule is CN1CCN(c2ccc(CNC(=O)c3cc(S(=O)(=O)N4CCSCC4)c[nH]3)cn2)CC1. The highest BCUT2D eigenvalue weighted by Gasteiger charge is 2.27. The number of likely N-dealkylation sites (N-methyl/N-ethyl adjacent to an activating group) is 1. The van der Waals surface area contributed by atoms with Crippen LogP contribution in [0.2, 0.25) is 0 Å². The largest absolute Gasteiger partial charge is 0.356 e. The molecule has 1 amide bonds. The highest BCUT2D eigenvalue weighted by Crippen LogP contribution is 2.21. The molecule has 2 saturated heterocycles. The lowest BCUT2D eigenvalue weighted by Gasteiger charge is -2.33. The second kappa shape index (κ2) is 9.60. The Kier molecular flexibility index (Phi) is 6.85. The van der Waals surface area contributed by atoms with Crippen LogP contribution >= 0.6 is 11.8 Å². The zero-order valence-corrected chi connectivity index (χ0v) is 19.2. The minimum Gasteiger partial charge on any atom is -0.356 e. The molecule has 0 spiro atoms. The molecule has 168 valence electrons. The van der Waals surface area contributed by atoms with Crippen LogP contribution in [0.5, 0.6) is 0 Å². The van der Waals surface area contributed by atoms with Crippen LogP contribution in [0.25, 0.3) is 0 Å². The quantitative estimate of drug-likeness (QED) is 0.653. The third-order valence-corrected chi connectivity index (χ3v) is 8.42. The van der Waals surface area contributed by atoms with Crippen molar-refractivity contribution in [2.45, 2.75) is 11.4 Å². The van der Waals surface area contributed by atoms with Gasteiger partial charge in [0.1, 0.15) is 16.4 Å². The van der Waals surface area contributed by atoms with E-state index in [1.54, 1.807) is 18.0 Å². The van der Waals surface area contributed by atoms with Crippen LogP contribution in [-0.2, 0) is 16.6 Å². The number of aromatic amines is 1. The maximum Gasteiger partial charge on any atom is 0.268 e. The van der Waals surface area contributed by atoms with E-state index >= 15 is 0 Å². The van der Waals surface area contributed by atoms with Gasteiger partial charge in [0.05, 0.1) is 0 Å². The standard InChI is InChI=1S/C20H28N6O3S2/c1-24-4-6-25(7-5-24)19-3-2-16(13-22-19)14-23-20(27)18-12-17(15-21-18)31(28,29)26-8-10-30-11-9-26/h2-3,12-13,15,21H,4-11,14H2,1H3,(H,23,27). The van der Waals surface area contributed by atoms with Gasteiger partial charge in [0.2, 0.25) is 10.0 Å². The number of nitrogens with zero attached hydrogens (tertiary/aromatic N) is 4. The molecule has 31 heavy (non-hydrogen) atoms. The van der Waals surface area contributed by atoms with Gasteiger partial charge in [-0.2, -0.15) is 16.1 Å². The molecule has 2 aromatic rings. The average Bonchev–Trinajstić information content (AvgIpc) is 3.30. The maximum atomic E-state index is 12.7. The van der Waals surface area contributed by atoms with Crippen molar-refractivity contribution in [1.82, 2.24) is 24.5 Å². The minimum absolute atomic E-state index is 0.128. The molecule has 2 aliphatic rings. The minimum atomic E-state index is -3.57. The molecule has 0 unspecified atom stereocenters. The third kappa shape index (κ3) is 5.22. The van der Waals surface area contributed by atoms with Gasteiger partial charge in [0.15, 0.2) is 0 Å². The van der Waals surface area contributed by atoms with Gasteiger partial charge in [-0.3, -0.25) is 4.79 Å². The van der Waals surface area contributed by atoms with Gasteiger partial charge < -0.3 is 20.1 Å². The zero-order chi connectivity index (χ0) is 21.8. The van der Waals surface area contributed by atoms with Gasteiger partial charge in [-0.25, -0.2) is 13.4 Å². The van der Waals surface area contributed by atoms with Gasteiger partial charge >= 0.3 is 0 Å². The fraction of sp³-hybridized carbons (Fsp3) is 0.500. The highest BCUT2D eigenvalue weighted by molar-refractivity contribution is 7.99. The number of nitrogens with one attached hydrogen (secondary N) is 2. The normalized spacial score (nSPS) is 18.8. The van der Waals surface area contributed by atoms with E-state index < -0.39 is 10.0 Å². The molecule has 4 rings (SSSR count). The topological polar surface area (TPSA) is 102 Å². The van der Waals surface area contributed by atoms with Crippen molar-refractivity contribution < 1.29 is 13.2 Å². The first-order chi connectivity index (χ1) is 14.9. The van der Waals surface area contributed by atoms with Crippen LogP contribution in [0.15, 0.2) is 35.5 Å². The second-order valence-electron chi connectivity index (χ2n) is 7.76. The fourth-order valence-corrected chi connectivity index (χ4v) is 6.18. The van der Waals surface area contributed by atoms with E-state index in [0.717, 1.165) is 49.1 Å². The van der Waals surface area contributed by atoms with Crippen molar-refractivity contribution in [2.24, 2.45) is 0 Å². The number of hydrogen-bond donors (Lipinski definition) is 2. The first-order valence-corrected chi connectivity index (χ1v) is 13.0. The van der Waals surface area contributed by atoms with Gasteiger partial charge in [-0.15, -0.1) is 0 Å². The van der Waals surface area contributed by atoms with E-state index in [9.17, 15) is 13.2 Å². The molecule has 0 aliphatic carbocycles. The van der Waals surface area contributed by atoms with Crippen LogP contribution in [-0.4, -0.2) is 91.3 Å². The number of sulfonamides is 1. The highest BCUT2D eigenvalue weighted by atomic mass is 32.2. The molecule has 0 aromatic carbocycles. The summed E-state index contributed by atoms with van der Waals surface area (Å²) in [4.78, 5) is 24.5. The van der Waals surface area contributed by atoms with Gasteiger partial charge in [-0.05, 0) is 24.7 Å². The Morgan fingerprint density at radius 1 is 1.16 bits per heavy atom. The predicted octanol–water partition coefficient (Wildman–Crippen LogP) is 0.829. The van der Waals surface area contributed by atoms with Crippen molar-refractivity contribution >= 4 is 33.5 Å². The van der Waals surface area contributed by atoms with E-state index in [-0.39, 0.29) is 16.5 Å². The molecule has 0 radical (unpaired) electrons. The number of hydrogen-bond acceptors (Lipinski definition) is 7. The Morgan fingerprint density at radius 3 is 2.58 bits per heavy atom. The van der Waals surface area contributed by atoms with Crippen LogP contribution < -0.4 is 10.2 Å². The summed E-state index contributed by atoms with van der Waals surface area (Å²) in [5, 5.41) is 2.82. The number of carbonyl (C=O) groups is 1. The van der Waals surface area contributed by atoms with Crippen molar-refractivity contribution in [3.8, 4) is 0 Å². The number of pyridine rings is 1. The average molecular weight is 465 g/mol. The number of piperazine rings is 1. The van der Waals surface area contributed by atoms with E-state index in [2.05, 4.69) is 32.1 Å². The van der Waals surface area contributed by atoms with Crippen LogP contribution in [0.3, 0.4) is 0 Å². The molecular formula is C20H28N6O3S2. The zero-order valence-electron chi connectivity index (χ0n) is 17.6. The molecule has 9 nitrogen and oxygen atoms in total. The molecule has 2 aromatic heterocycles. The molecule has 2 fully saturated rings. The number of amides is 1. The summed E-state index contributed by atoms with van der Waals surface area (Å²) in [6.45, 7) is 5.25. The van der Waals surface area contributed by atoms with Crippen molar-refractivity contribution in [2.75, 3.05) is 62.7 Å². The van der Waals surface area contributed by atoms with Crippen molar-refractivity contribution in [3.05, 3.63) is 41.9 Å². The number of thioether (sulfide) groups is 1. The number of aromatic nitrogens is 2. The molecule has 0 atom stereocenters. The lowest BCUT2D eigenvalue weighted by Crippen LogP contribution is -2.44.